The molecule has 120 valence electrons. The third-order valence-electron chi connectivity index (χ3n) is 4.29. The fourth-order valence-corrected chi connectivity index (χ4v) is 2.96. The van der Waals surface area contributed by atoms with Gasteiger partial charge in [-0.1, -0.05) is 48.0 Å². The number of ether oxygens (including phenoxy) is 1. The van der Waals surface area contributed by atoms with Crippen molar-refractivity contribution in [3.8, 4) is 17.0 Å². The largest absolute Gasteiger partial charge is 0.493 e. The molecule has 1 aromatic heterocycles. The Morgan fingerprint density at radius 3 is 2.58 bits per heavy atom. The van der Waals surface area contributed by atoms with Gasteiger partial charge < -0.3 is 10.1 Å². The number of aryl methyl sites for hydroxylation is 1. The molecule has 2 heterocycles. The lowest BCUT2D eigenvalue weighted by atomic mass is 10.0. The number of nitrogens with one attached hydrogen (secondary N) is 1. The Balaban J connectivity index is 1.53. The number of para-hydroxylation sites is 1. The Morgan fingerprint density at radius 1 is 0.958 bits per heavy atom. The summed E-state index contributed by atoms with van der Waals surface area (Å²) >= 11 is 0. The van der Waals surface area contributed by atoms with Crippen molar-refractivity contribution >= 4 is 5.82 Å². The second-order valence-corrected chi connectivity index (χ2v) is 6.04. The van der Waals surface area contributed by atoms with E-state index in [1.165, 1.54) is 11.1 Å². The van der Waals surface area contributed by atoms with Gasteiger partial charge in [0, 0.05) is 17.5 Å². The van der Waals surface area contributed by atoms with Crippen molar-refractivity contribution in [3.05, 3.63) is 71.8 Å². The Kier molecular flexibility index (Phi) is 3.87. The van der Waals surface area contributed by atoms with E-state index in [1.807, 2.05) is 30.3 Å². The van der Waals surface area contributed by atoms with Gasteiger partial charge in [-0.05, 0) is 25.1 Å². The van der Waals surface area contributed by atoms with Crippen LogP contribution in [0.15, 0.2) is 60.7 Å². The molecule has 0 aliphatic carbocycles. The molecule has 1 unspecified atom stereocenters. The number of aromatic nitrogens is 2. The maximum absolute atomic E-state index is 5.70. The molecule has 1 atom stereocenters. The van der Waals surface area contributed by atoms with E-state index in [9.17, 15) is 0 Å². The third kappa shape index (κ3) is 2.95. The van der Waals surface area contributed by atoms with Crippen molar-refractivity contribution in [2.75, 3.05) is 11.9 Å². The van der Waals surface area contributed by atoms with Gasteiger partial charge in [-0.25, -0.2) is 0 Å². The van der Waals surface area contributed by atoms with E-state index < -0.39 is 0 Å². The number of hydrogen-bond acceptors (Lipinski definition) is 4. The molecule has 1 aliphatic heterocycles. The second kappa shape index (κ2) is 6.32. The van der Waals surface area contributed by atoms with E-state index in [1.54, 1.807) is 0 Å². The monoisotopic (exact) mass is 317 g/mol. The summed E-state index contributed by atoms with van der Waals surface area (Å²) < 4.78 is 5.70. The maximum Gasteiger partial charge on any atom is 0.149 e. The topological polar surface area (TPSA) is 47.0 Å². The highest BCUT2D eigenvalue weighted by Gasteiger charge is 2.21. The minimum atomic E-state index is 0.203. The lowest BCUT2D eigenvalue weighted by molar-refractivity contribution is 0.274. The zero-order valence-corrected chi connectivity index (χ0v) is 13.6. The van der Waals surface area contributed by atoms with Crippen molar-refractivity contribution in [2.45, 2.75) is 19.4 Å². The molecule has 24 heavy (non-hydrogen) atoms. The summed E-state index contributed by atoms with van der Waals surface area (Å²) in [5.41, 5.74) is 4.38. The van der Waals surface area contributed by atoms with Crippen LogP contribution in [0.2, 0.25) is 0 Å². The van der Waals surface area contributed by atoms with Crippen molar-refractivity contribution in [1.82, 2.24) is 10.2 Å². The van der Waals surface area contributed by atoms with E-state index in [-0.39, 0.29) is 6.04 Å². The van der Waals surface area contributed by atoms with Gasteiger partial charge >= 0.3 is 0 Å². The van der Waals surface area contributed by atoms with Gasteiger partial charge in [-0.3, -0.25) is 0 Å². The quantitative estimate of drug-likeness (QED) is 0.778. The third-order valence-corrected chi connectivity index (χ3v) is 4.29. The molecule has 1 aliphatic rings. The van der Waals surface area contributed by atoms with E-state index in [0.717, 1.165) is 29.2 Å². The zero-order chi connectivity index (χ0) is 16.4. The van der Waals surface area contributed by atoms with Crippen LogP contribution in [0.25, 0.3) is 11.3 Å². The molecule has 0 spiro atoms. The normalized spacial score (nSPS) is 16.1. The second-order valence-electron chi connectivity index (χ2n) is 6.04. The first-order valence-corrected chi connectivity index (χ1v) is 8.19. The molecule has 0 radical (unpaired) electrons. The predicted octanol–water partition coefficient (Wildman–Crippen LogP) is 4.39. The first-order chi connectivity index (χ1) is 11.8. The van der Waals surface area contributed by atoms with Gasteiger partial charge in [0.1, 0.15) is 11.6 Å². The highest BCUT2D eigenvalue weighted by atomic mass is 16.5. The standard InChI is InChI=1S/C20H19N3O/c1-14-6-8-15(9-7-14)17-10-11-20(23-22-17)21-18-12-13-24-19-5-3-2-4-16(18)19/h2-11,18H,12-13H2,1H3,(H,21,23). The van der Waals surface area contributed by atoms with Crippen molar-refractivity contribution in [2.24, 2.45) is 0 Å². The molecular weight excluding hydrogens is 298 g/mol. The summed E-state index contributed by atoms with van der Waals surface area (Å²) in [6.07, 6.45) is 0.915. The average molecular weight is 317 g/mol. The number of benzene rings is 2. The number of anilines is 1. The fraction of sp³-hybridized carbons (Fsp3) is 0.200. The van der Waals surface area contributed by atoms with Crippen LogP contribution in [-0.2, 0) is 0 Å². The number of fused-ring (bicyclic) bond motifs is 1. The molecule has 0 saturated heterocycles. The molecular formula is C20H19N3O. The van der Waals surface area contributed by atoms with Crippen molar-refractivity contribution in [1.29, 1.82) is 0 Å². The maximum atomic E-state index is 5.70. The summed E-state index contributed by atoms with van der Waals surface area (Å²) in [6, 6.07) is 20.6. The smallest absolute Gasteiger partial charge is 0.149 e. The van der Waals surface area contributed by atoms with E-state index in [0.29, 0.717) is 6.61 Å². The molecule has 0 amide bonds. The summed E-state index contributed by atoms with van der Waals surface area (Å²) in [6.45, 7) is 2.79. The lowest BCUT2D eigenvalue weighted by Crippen LogP contribution is -2.20. The lowest BCUT2D eigenvalue weighted by Gasteiger charge is -2.26. The summed E-state index contributed by atoms with van der Waals surface area (Å²) in [5.74, 6) is 1.73. The number of nitrogens with zero attached hydrogens (tertiary/aromatic N) is 2. The van der Waals surface area contributed by atoms with Crippen LogP contribution in [0, 0.1) is 6.92 Å². The van der Waals surface area contributed by atoms with Crippen LogP contribution in [0.1, 0.15) is 23.6 Å². The molecule has 3 aromatic rings. The molecule has 4 rings (SSSR count). The van der Waals surface area contributed by atoms with Gasteiger partial charge in [0.25, 0.3) is 0 Å². The molecule has 2 aromatic carbocycles. The van der Waals surface area contributed by atoms with Gasteiger partial charge in [0.2, 0.25) is 0 Å². The Bertz CT molecular complexity index is 828. The minimum absolute atomic E-state index is 0.203. The van der Waals surface area contributed by atoms with Gasteiger partial charge in [-0.2, -0.15) is 0 Å². The number of rotatable bonds is 3. The Labute approximate surface area is 141 Å². The van der Waals surface area contributed by atoms with Crippen LogP contribution < -0.4 is 10.1 Å². The van der Waals surface area contributed by atoms with Crippen LogP contribution in [-0.4, -0.2) is 16.8 Å². The zero-order valence-electron chi connectivity index (χ0n) is 13.6. The number of hydrogen-bond donors (Lipinski definition) is 1. The highest BCUT2D eigenvalue weighted by Crippen LogP contribution is 2.33. The van der Waals surface area contributed by atoms with Crippen molar-refractivity contribution < 1.29 is 4.74 Å². The van der Waals surface area contributed by atoms with Gasteiger partial charge in [-0.15, -0.1) is 10.2 Å². The van der Waals surface area contributed by atoms with Crippen LogP contribution in [0.3, 0.4) is 0 Å². The summed E-state index contributed by atoms with van der Waals surface area (Å²) in [4.78, 5) is 0. The molecule has 4 nitrogen and oxygen atoms in total. The first-order valence-electron chi connectivity index (χ1n) is 8.19. The van der Waals surface area contributed by atoms with Crippen LogP contribution in [0.4, 0.5) is 5.82 Å². The Hall–Kier alpha value is -2.88. The molecule has 0 saturated carbocycles. The molecule has 4 heteroatoms. The first kappa shape index (κ1) is 14.7. The predicted molar refractivity (Wildman–Crippen MR) is 95.1 cm³/mol. The summed E-state index contributed by atoms with van der Waals surface area (Å²) in [7, 11) is 0. The van der Waals surface area contributed by atoms with E-state index in [4.69, 9.17) is 4.74 Å². The highest BCUT2D eigenvalue weighted by molar-refractivity contribution is 5.60. The van der Waals surface area contributed by atoms with E-state index in [2.05, 4.69) is 52.8 Å². The van der Waals surface area contributed by atoms with Gasteiger partial charge in [0.15, 0.2) is 0 Å². The summed E-state index contributed by atoms with van der Waals surface area (Å²) in [5, 5.41) is 12.2. The SMILES string of the molecule is Cc1ccc(-c2ccc(NC3CCOc4ccccc43)nn2)cc1. The van der Waals surface area contributed by atoms with E-state index >= 15 is 0 Å². The van der Waals surface area contributed by atoms with Gasteiger partial charge in [0.05, 0.1) is 18.3 Å². The Morgan fingerprint density at radius 2 is 1.79 bits per heavy atom. The fourth-order valence-electron chi connectivity index (χ4n) is 2.96. The van der Waals surface area contributed by atoms with Crippen molar-refractivity contribution in [3.63, 3.8) is 0 Å². The molecule has 0 fully saturated rings. The average Bonchev–Trinajstić information content (AvgIpc) is 2.63. The minimum Gasteiger partial charge on any atom is -0.493 e. The molecule has 1 N–H and O–H groups in total. The molecule has 0 bridgehead atoms. The van der Waals surface area contributed by atoms with Crippen LogP contribution >= 0.6 is 0 Å². The van der Waals surface area contributed by atoms with Crippen LogP contribution in [0.5, 0.6) is 5.75 Å².